The first kappa shape index (κ1) is 19.3. The van der Waals surface area contributed by atoms with Gasteiger partial charge >= 0.3 is 11.9 Å². The Bertz CT molecular complexity index is 659. The maximum absolute atomic E-state index is 13.0. The number of carbonyl (C=O) groups is 2. The molecular weight excluding hydrogens is 340 g/mol. The second kappa shape index (κ2) is 5.97. The minimum absolute atomic E-state index is 0.000596. The van der Waals surface area contributed by atoms with E-state index in [1.165, 1.54) is 6.42 Å². The van der Waals surface area contributed by atoms with Crippen LogP contribution in [0.1, 0.15) is 86.0 Å². The maximum atomic E-state index is 13.0. The van der Waals surface area contributed by atoms with Gasteiger partial charge in [-0.3, -0.25) is 9.59 Å². The van der Waals surface area contributed by atoms with E-state index in [0.29, 0.717) is 18.4 Å². The summed E-state index contributed by atoms with van der Waals surface area (Å²) in [5.74, 6) is 0.892. The van der Waals surface area contributed by atoms with Crippen molar-refractivity contribution in [2.24, 2.45) is 33.5 Å². The second-order valence-corrected chi connectivity index (χ2v) is 10.7. The molecule has 0 amide bonds. The number of ether oxygens (including phenoxy) is 2. The van der Waals surface area contributed by atoms with Crippen LogP contribution in [0.15, 0.2) is 0 Å². The summed E-state index contributed by atoms with van der Waals surface area (Å²) in [6, 6.07) is 0. The molecular formula is C23H36O4. The van der Waals surface area contributed by atoms with Crippen molar-refractivity contribution in [1.29, 1.82) is 0 Å². The zero-order chi connectivity index (χ0) is 19.7. The molecule has 27 heavy (non-hydrogen) atoms. The van der Waals surface area contributed by atoms with E-state index in [1.54, 1.807) is 0 Å². The Labute approximate surface area is 163 Å². The monoisotopic (exact) mass is 376 g/mol. The fourth-order valence-corrected chi connectivity index (χ4v) is 8.09. The van der Waals surface area contributed by atoms with Gasteiger partial charge in [-0.15, -0.1) is 0 Å². The van der Waals surface area contributed by atoms with Crippen LogP contribution in [-0.2, 0) is 19.1 Å². The number of rotatable bonds is 2. The summed E-state index contributed by atoms with van der Waals surface area (Å²) in [6.07, 6.45) is 8.26. The van der Waals surface area contributed by atoms with Crippen molar-refractivity contribution in [2.75, 3.05) is 6.61 Å². The number of hydrogen-bond acceptors (Lipinski definition) is 4. The van der Waals surface area contributed by atoms with Crippen LogP contribution in [-0.4, -0.2) is 24.6 Å². The molecule has 3 aliphatic carbocycles. The van der Waals surface area contributed by atoms with E-state index in [0.717, 1.165) is 44.9 Å². The molecule has 4 heteroatoms. The predicted octanol–water partition coefficient (Wildman–Crippen LogP) is 4.89. The number of esters is 2. The van der Waals surface area contributed by atoms with Crippen molar-refractivity contribution in [3.63, 3.8) is 0 Å². The van der Waals surface area contributed by atoms with E-state index >= 15 is 0 Å². The minimum atomic E-state index is -0.375. The van der Waals surface area contributed by atoms with Crippen LogP contribution in [0, 0.1) is 33.5 Å². The van der Waals surface area contributed by atoms with E-state index < -0.39 is 0 Å². The highest BCUT2D eigenvalue weighted by molar-refractivity contribution is 5.78. The first-order valence-electron chi connectivity index (χ1n) is 11.0. The largest absolute Gasteiger partial charge is 0.466 e. The van der Waals surface area contributed by atoms with Gasteiger partial charge in [0.25, 0.3) is 0 Å². The Morgan fingerprint density at radius 1 is 1.11 bits per heavy atom. The summed E-state index contributed by atoms with van der Waals surface area (Å²) in [5.41, 5.74) is -0.484. The SMILES string of the molecule is CCOC(=O)[C@]1(C)CCC[C@@]2(C)C3CC[C@@]4(C)C[C@]3(CCC21)[C@H](C)OC4=O. The van der Waals surface area contributed by atoms with Gasteiger partial charge < -0.3 is 9.47 Å². The molecule has 1 saturated heterocycles. The quantitative estimate of drug-likeness (QED) is 0.644. The van der Waals surface area contributed by atoms with Crippen LogP contribution < -0.4 is 0 Å². The Hall–Kier alpha value is -1.06. The smallest absolute Gasteiger partial charge is 0.312 e. The Morgan fingerprint density at radius 2 is 1.81 bits per heavy atom. The summed E-state index contributed by atoms with van der Waals surface area (Å²) < 4.78 is 11.5. The molecule has 152 valence electrons. The molecule has 3 saturated carbocycles. The van der Waals surface area contributed by atoms with Crippen molar-refractivity contribution >= 4 is 11.9 Å². The lowest BCUT2D eigenvalue weighted by Crippen LogP contribution is -2.66. The summed E-state index contributed by atoms with van der Waals surface area (Å²) in [6.45, 7) is 11.2. The van der Waals surface area contributed by atoms with E-state index in [-0.39, 0.29) is 39.7 Å². The van der Waals surface area contributed by atoms with Crippen LogP contribution in [0.3, 0.4) is 0 Å². The average Bonchev–Trinajstić information content (AvgIpc) is 2.60. The van der Waals surface area contributed by atoms with Crippen LogP contribution in [0.2, 0.25) is 0 Å². The Morgan fingerprint density at radius 3 is 2.52 bits per heavy atom. The number of fused-ring (bicyclic) bond motifs is 3. The fourth-order valence-electron chi connectivity index (χ4n) is 8.09. The topological polar surface area (TPSA) is 52.6 Å². The highest BCUT2D eigenvalue weighted by Gasteiger charge is 2.69. The lowest BCUT2D eigenvalue weighted by Gasteiger charge is -2.68. The molecule has 1 aliphatic heterocycles. The van der Waals surface area contributed by atoms with Gasteiger partial charge in [-0.1, -0.05) is 13.3 Å². The molecule has 7 atom stereocenters. The van der Waals surface area contributed by atoms with Gasteiger partial charge in [0.05, 0.1) is 17.4 Å². The highest BCUT2D eigenvalue weighted by Crippen LogP contribution is 2.71. The third-order valence-corrected chi connectivity index (χ3v) is 9.40. The molecule has 4 aliphatic rings. The van der Waals surface area contributed by atoms with Crippen molar-refractivity contribution in [3.8, 4) is 0 Å². The molecule has 4 fully saturated rings. The third-order valence-electron chi connectivity index (χ3n) is 9.40. The zero-order valence-corrected chi connectivity index (χ0v) is 17.7. The molecule has 0 radical (unpaired) electrons. The Kier molecular flexibility index (Phi) is 4.26. The lowest BCUT2D eigenvalue weighted by molar-refractivity contribution is -0.244. The molecule has 0 N–H and O–H groups in total. The fraction of sp³-hybridized carbons (Fsp3) is 0.913. The van der Waals surface area contributed by atoms with Crippen molar-refractivity contribution < 1.29 is 19.1 Å². The number of carbonyl (C=O) groups excluding carboxylic acids is 2. The maximum Gasteiger partial charge on any atom is 0.312 e. The van der Waals surface area contributed by atoms with E-state index in [2.05, 4.69) is 27.7 Å². The average molecular weight is 377 g/mol. The molecule has 4 rings (SSSR count). The van der Waals surface area contributed by atoms with Gasteiger partial charge in [0.2, 0.25) is 0 Å². The van der Waals surface area contributed by atoms with E-state index in [1.807, 2.05) is 6.92 Å². The van der Waals surface area contributed by atoms with Crippen molar-refractivity contribution in [3.05, 3.63) is 0 Å². The first-order chi connectivity index (χ1) is 12.6. The van der Waals surface area contributed by atoms with Gasteiger partial charge in [-0.05, 0) is 89.9 Å². The molecule has 0 aromatic carbocycles. The molecule has 1 spiro atoms. The van der Waals surface area contributed by atoms with Crippen molar-refractivity contribution in [1.82, 2.24) is 0 Å². The highest BCUT2D eigenvalue weighted by atomic mass is 16.5. The summed E-state index contributed by atoms with van der Waals surface area (Å²) in [7, 11) is 0. The molecule has 2 bridgehead atoms. The van der Waals surface area contributed by atoms with Gasteiger partial charge in [0.15, 0.2) is 0 Å². The standard InChI is InChI=1S/C23H36O4/c1-6-26-19(25)22(5)11-7-10-21(4)16(22)9-13-23-14-20(3,12-8-17(21)23)18(24)27-15(23)2/h15-17H,6-14H2,1-5H3/t15-,16?,17?,20-,21+,22+,23+/m0/s1. The van der Waals surface area contributed by atoms with Crippen LogP contribution in [0.25, 0.3) is 0 Å². The molecule has 4 nitrogen and oxygen atoms in total. The minimum Gasteiger partial charge on any atom is -0.466 e. The molecule has 0 aromatic heterocycles. The predicted molar refractivity (Wildman–Crippen MR) is 103 cm³/mol. The Balaban J connectivity index is 1.73. The second-order valence-electron chi connectivity index (χ2n) is 10.7. The first-order valence-corrected chi connectivity index (χ1v) is 11.0. The lowest BCUT2D eigenvalue weighted by atomic mass is 9.37. The molecule has 0 aromatic rings. The summed E-state index contributed by atoms with van der Waals surface area (Å²) >= 11 is 0. The van der Waals surface area contributed by atoms with Crippen LogP contribution >= 0.6 is 0 Å². The van der Waals surface area contributed by atoms with Gasteiger partial charge in [0.1, 0.15) is 6.10 Å². The van der Waals surface area contributed by atoms with E-state index in [4.69, 9.17) is 9.47 Å². The summed E-state index contributed by atoms with van der Waals surface area (Å²) in [4.78, 5) is 25.5. The molecule has 2 unspecified atom stereocenters. The number of hydrogen-bond donors (Lipinski definition) is 0. The molecule has 1 heterocycles. The van der Waals surface area contributed by atoms with Gasteiger partial charge in [0, 0.05) is 5.41 Å². The van der Waals surface area contributed by atoms with Gasteiger partial charge in [-0.25, -0.2) is 0 Å². The van der Waals surface area contributed by atoms with Crippen LogP contribution in [0.5, 0.6) is 0 Å². The van der Waals surface area contributed by atoms with E-state index in [9.17, 15) is 9.59 Å². The third kappa shape index (κ3) is 2.40. The van der Waals surface area contributed by atoms with Gasteiger partial charge in [-0.2, -0.15) is 0 Å². The zero-order valence-electron chi connectivity index (χ0n) is 17.7. The van der Waals surface area contributed by atoms with Crippen LogP contribution in [0.4, 0.5) is 0 Å². The summed E-state index contributed by atoms with van der Waals surface area (Å²) in [5, 5.41) is 0. The normalized spacial score (nSPS) is 51.6. The van der Waals surface area contributed by atoms with Crippen molar-refractivity contribution in [2.45, 2.75) is 92.1 Å². The number of cyclic esters (lactones) is 1.